The quantitative estimate of drug-likeness (QED) is 0.638. The van der Waals surface area contributed by atoms with Crippen LogP contribution < -0.4 is 5.32 Å². The molecule has 3 rings (SSSR count). The van der Waals surface area contributed by atoms with Crippen LogP contribution in [0.2, 0.25) is 0 Å². The van der Waals surface area contributed by atoms with Gasteiger partial charge in [0.2, 0.25) is 11.7 Å². The van der Waals surface area contributed by atoms with Crippen LogP contribution in [0.1, 0.15) is 12.3 Å². The molecule has 0 fully saturated rings. The number of anilines is 1. The lowest BCUT2D eigenvalue weighted by Gasteiger charge is -2.06. The second-order valence-electron chi connectivity index (χ2n) is 5.20. The molecule has 134 valence electrons. The molecule has 0 saturated carbocycles. The maximum absolute atomic E-state index is 12.8. The molecule has 1 amide bonds. The summed E-state index contributed by atoms with van der Waals surface area (Å²) in [4.78, 5) is 28.5. The van der Waals surface area contributed by atoms with Crippen molar-refractivity contribution in [2.75, 3.05) is 11.9 Å². The summed E-state index contributed by atoms with van der Waals surface area (Å²) in [5.41, 5.74) is 0.416. The van der Waals surface area contributed by atoms with E-state index in [9.17, 15) is 14.0 Å². The Morgan fingerprint density at radius 1 is 1.23 bits per heavy atom. The third-order valence-corrected chi connectivity index (χ3v) is 4.11. The Kier molecular flexibility index (Phi) is 5.69. The first-order chi connectivity index (χ1) is 12.6. The number of carbonyl (C=O) groups is 2. The number of aromatic nitrogens is 2. The fourth-order valence-electron chi connectivity index (χ4n) is 2.02. The third-order valence-electron chi connectivity index (χ3n) is 3.24. The van der Waals surface area contributed by atoms with Gasteiger partial charge >= 0.3 is 5.97 Å². The lowest BCUT2D eigenvalue weighted by atomic mass is 10.3. The van der Waals surface area contributed by atoms with Crippen LogP contribution in [0.15, 0.2) is 46.3 Å². The summed E-state index contributed by atoms with van der Waals surface area (Å²) in [5.74, 6) is -0.682. The van der Waals surface area contributed by atoms with Crippen molar-refractivity contribution < 1.29 is 23.2 Å². The molecule has 2 heterocycles. The van der Waals surface area contributed by atoms with Gasteiger partial charge < -0.3 is 14.6 Å². The van der Waals surface area contributed by atoms with Crippen molar-refractivity contribution in [2.24, 2.45) is 0 Å². The predicted molar refractivity (Wildman–Crippen MR) is 91.9 cm³/mol. The molecule has 0 aliphatic rings. The predicted octanol–water partition coefficient (Wildman–Crippen LogP) is 3.05. The Hall–Kier alpha value is -3.07. The Morgan fingerprint density at radius 2 is 2.04 bits per heavy atom. The second kappa shape index (κ2) is 8.34. The largest absolute Gasteiger partial charge is 0.456 e. The molecule has 2 aromatic heterocycles. The minimum atomic E-state index is -0.560. The number of nitrogens with zero attached hydrogens (tertiary/aromatic N) is 2. The number of halogens is 1. The van der Waals surface area contributed by atoms with Gasteiger partial charge in [0, 0.05) is 12.1 Å². The Labute approximate surface area is 151 Å². The fourth-order valence-corrected chi connectivity index (χ4v) is 2.67. The average Bonchev–Trinajstić information content (AvgIpc) is 3.31. The highest BCUT2D eigenvalue weighted by atomic mass is 32.1. The van der Waals surface area contributed by atoms with Gasteiger partial charge in [-0.15, -0.1) is 11.3 Å². The molecule has 0 bridgehead atoms. The highest BCUT2D eigenvalue weighted by molar-refractivity contribution is 7.13. The van der Waals surface area contributed by atoms with Crippen molar-refractivity contribution in [1.82, 2.24) is 10.1 Å². The van der Waals surface area contributed by atoms with Crippen LogP contribution >= 0.6 is 11.3 Å². The molecule has 26 heavy (non-hydrogen) atoms. The van der Waals surface area contributed by atoms with Crippen molar-refractivity contribution >= 4 is 28.9 Å². The molecule has 3 aromatic rings. The van der Waals surface area contributed by atoms with Crippen LogP contribution in [0.25, 0.3) is 10.7 Å². The molecule has 7 nitrogen and oxygen atoms in total. The lowest BCUT2D eigenvalue weighted by Crippen LogP contribution is -2.21. The maximum Gasteiger partial charge on any atom is 0.306 e. The van der Waals surface area contributed by atoms with Crippen molar-refractivity contribution in [3.8, 4) is 10.7 Å². The molecule has 0 unspecified atom stereocenters. The van der Waals surface area contributed by atoms with E-state index in [1.807, 2.05) is 17.5 Å². The lowest BCUT2D eigenvalue weighted by molar-refractivity contribution is -0.147. The number of carbonyl (C=O) groups excluding carboxylic acids is 2. The van der Waals surface area contributed by atoms with Crippen LogP contribution in [0.5, 0.6) is 0 Å². The van der Waals surface area contributed by atoms with E-state index in [0.29, 0.717) is 17.4 Å². The van der Waals surface area contributed by atoms with Crippen molar-refractivity contribution in [1.29, 1.82) is 0 Å². The van der Waals surface area contributed by atoms with Gasteiger partial charge in [-0.25, -0.2) is 4.39 Å². The van der Waals surface area contributed by atoms with Gasteiger partial charge in [-0.2, -0.15) is 4.98 Å². The molecule has 0 spiro atoms. The normalized spacial score (nSPS) is 10.5. The van der Waals surface area contributed by atoms with Gasteiger partial charge in [0.25, 0.3) is 5.91 Å². The summed E-state index contributed by atoms with van der Waals surface area (Å²) >= 11 is 1.48. The van der Waals surface area contributed by atoms with Crippen LogP contribution in [-0.4, -0.2) is 28.6 Å². The van der Waals surface area contributed by atoms with Crippen molar-refractivity contribution in [3.63, 3.8) is 0 Å². The van der Waals surface area contributed by atoms with E-state index in [-0.39, 0.29) is 12.8 Å². The highest BCUT2D eigenvalue weighted by Gasteiger charge is 2.13. The van der Waals surface area contributed by atoms with E-state index in [0.717, 1.165) is 4.88 Å². The van der Waals surface area contributed by atoms with E-state index in [1.54, 1.807) is 0 Å². The summed E-state index contributed by atoms with van der Waals surface area (Å²) in [6, 6.07) is 9.01. The monoisotopic (exact) mass is 375 g/mol. The first-order valence-corrected chi connectivity index (χ1v) is 8.55. The number of benzene rings is 1. The highest BCUT2D eigenvalue weighted by Crippen LogP contribution is 2.21. The Balaban J connectivity index is 1.40. The minimum Gasteiger partial charge on any atom is -0.456 e. The first-order valence-electron chi connectivity index (χ1n) is 7.67. The zero-order valence-electron chi connectivity index (χ0n) is 13.5. The zero-order chi connectivity index (χ0) is 18.4. The standard InChI is InChI=1S/C17H14FN3O4S/c18-11-3-5-12(6-4-11)19-14(22)10-24-16(23)8-7-15-20-17(21-25-15)13-2-1-9-26-13/h1-6,9H,7-8,10H2,(H,19,22). The summed E-state index contributed by atoms with van der Waals surface area (Å²) in [7, 11) is 0. The number of esters is 1. The average molecular weight is 375 g/mol. The van der Waals surface area contributed by atoms with Gasteiger partial charge in [-0.1, -0.05) is 11.2 Å². The van der Waals surface area contributed by atoms with Crippen molar-refractivity contribution in [2.45, 2.75) is 12.8 Å². The van der Waals surface area contributed by atoms with Gasteiger partial charge in [0.1, 0.15) is 5.82 Å². The molecule has 0 aliphatic carbocycles. The molecular weight excluding hydrogens is 361 g/mol. The number of thiophene rings is 1. The van der Waals surface area contributed by atoms with Gasteiger partial charge in [-0.05, 0) is 35.7 Å². The molecule has 0 atom stereocenters. The number of rotatable bonds is 7. The molecule has 1 N–H and O–H groups in total. The summed E-state index contributed by atoms with van der Waals surface area (Å²) in [6.07, 6.45) is 0.229. The molecule has 0 saturated heterocycles. The van der Waals surface area contributed by atoms with E-state index >= 15 is 0 Å². The molecular formula is C17H14FN3O4S. The Bertz CT molecular complexity index is 878. The molecule has 0 radical (unpaired) electrons. The SMILES string of the molecule is O=C(COC(=O)CCc1nc(-c2cccs2)no1)Nc1ccc(F)cc1. The number of nitrogens with one attached hydrogen (secondary N) is 1. The number of aryl methyl sites for hydroxylation is 1. The summed E-state index contributed by atoms with van der Waals surface area (Å²) < 4.78 is 22.8. The molecule has 0 aliphatic heterocycles. The van der Waals surface area contributed by atoms with Crippen LogP contribution in [0.4, 0.5) is 10.1 Å². The molecule has 1 aromatic carbocycles. The number of amides is 1. The third kappa shape index (κ3) is 4.96. The topological polar surface area (TPSA) is 94.3 Å². The zero-order valence-corrected chi connectivity index (χ0v) is 14.3. The summed E-state index contributed by atoms with van der Waals surface area (Å²) in [6.45, 7) is -0.430. The fraction of sp³-hybridized carbons (Fsp3) is 0.176. The second-order valence-corrected chi connectivity index (χ2v) is 6.15. The number of hydrogen-bond acceptors (Lipinski definition) is 7. The van der Waals surface area contributed by atoms with Gasteiger partial charge in [0.05, 0.1) is 11.3 Å². The van der Waals surface area contributed by atoms with Gasteiger partial charge in [0.15, 0.2) is 6.61 Å². The Morgan fingerprint density at radius 3 is 2.77 bits per heavy atom. The van der Waals surface area contributed by atoms with E-state index in [2.05, 4.69) is 15.5 Å². The van der Waals surface area contributed by atoms with Crippen LogP contribution in [0.3, 0.4) is 0 Å². The van der Waals surface area contributed by atoms with Crippen molar-refractivity contribution in [3.05, 3.63) is 53.5 Å². The minimum absolute atomic E-state index is 0.00982. The summed E-state index contributed by atoms with van der Waals surface area (Å²) in [5, 5.41) is 8.24. The van der Waals surface area contributed by atoms with E-state index in [1.165, 1.54) is 35.6 Å². The number of ether oxygens (including phenoxy) is 1. The molecule has 9 heteroatoms. The smallest absolute Gasteiger partial charge is 0.306 e. The first kappa shape index (κ1) is 17.7. The maximum atomic E-state index is 12.8. The van der Waals surface area contributed by atoms with Crippen LogP contribution in [0, 0.1) is 5.82 Å². The van der Waals surface area contributed by atoms with Crippen LogP contribution in [-0.2, 0) is 20.7 Å². The number of hydrogen-bond donors (Lipinski definition) is 1. The van der Waals surface area contributed by atoms with E-state index in [4.69, 9.17) is 9.26 Å². The van der Waals surface area contributed by atoms with Gasteiger partial charge in [-0.3, -0.25) is 9.59 Å². The van der Waals surface area contributed by atoms with E-state index < -0.39 is 24.3 Å².